The Hall–Kier alpha value is -2.18. The predicted octanol–water partition coefficient (Wildman–Crippen LogP) is 1.59. The highest BCUT2D eigenvalue weighted by atomic mass is 16.3. The maximum atomic E-state index is 12.6. The van der Waals surface area contributed by atoms with Gasteiger partial charge in [0, 0.05) is 49.3 Å². The second-order valence-electron chi connectivity index (χ2n) is 6.89. The van der Waals surface area contributed by atoms with Gasteiger partial charge < -0.3 is 15.0 Å². The van der Waals surface area contributed by atoms with E-state index < -0.39 is 11.7 Å². The number of β-amino-alcohol motifs (C(OH)–C–C–N with tert-alkyl or cyclic N) is 1. The van der Waals surface area contributed by atoms with Gasteiger partial charge in [0.25, 0.3) is 11.7 Å². The van der Waals surface area contributed by atoms with E-state index in [0.29, 0.717) is 25.2 Å². The van der Waals surface area contributed by atoms with Crippen LogP contribution >= 0.6 is 0 Å². The van der Waals surface area contributed by atoms with Crippen LogP contribution in [0.5, 0.6) is 0 Å². The van der Waals surface area contributed by atoms with E-state index in [1.54, 1.807) is 6.20 Å². The molecule has 1 atom stereocenters. The number of nitrogens with one attached hydrogen (secondary N) is 1. The predicted molar refractivity (Wildman–Crippen MR) is 96.7 cm³/mol. The minimum atomic E-state index is -0.577. The minimum absolute atomic E-state index is 0.205. The summed E-state index contributed by atoms with van der Waals surface area (Å²) >= 11 is 0. The molecule has 1 aliphatic rings. The largest absolute Gasteiger partial charge is 0.392 e. The molecule has 2 N–H and O–H groups in total. The third kappa shape index (κ3) is 3.75. The first-order valence-electron chi connectivity index (χ1n) is 8.80. The highest BCUT2D eigenvalue weighted by molar-refractivity contribution is 6.45. The van der Waals surface area contributed by atoms with E-state index in [2.05, 4.69) is 10.2 Å². The first kappa shape index (κ1) is 17.6. The number of carbonyl (C=O) groups is 2. The molecule has 0 spiro atoms. The fourth-order valence-electron chi connectivity index (χ4n) is 3.36. The molecule has 134 valence electrons. The number of fused-ring (bicyclic) bond motifs is 1. The van der Waals surface area contributed by atoms with Gasteiger partial charge in [0.05, 0.1) is 11.7 Å². The number of amides is 1. The molecule has 1 amide bonds. The number of benzene rings is 1. The van der Waals surface area contributed by atoms with Gasteiger partial charge in [-0.25, -0.2) is 0 Å². The highest BCUT2D eigenvalue weighted by Crippen LogP contribution is 2.25. The molecule has 1 unspecified atom stereocenters. The van der Waals surface area contributed by atoms with Crippen molar-refractivity contribution in [2.24, 2.45) is 0 Å². The number of nitrogens with zero attached hydrogens (tertiary/aromatic N) is 2. The van der Waals surface area contributed by atoms with E-state index in [1.165, 1.54) is 0 Å². The molecule has 1 saturated heterocycles. The van der Waals surface area contributed by atoms with Crippen LogP contribution in [0.4, 0.5) is 0 Å². The smallest absolute Gasteiger partial charge is 0.292 e. The first-order valence-corrected chi connectivity index (χ1v) is 8.80. The van der Waals surface area contributed by atoms with Gasteiger partial charge in [0.2, 0.25) is 0 Å². The Kier molecular flexibility index (Phi) is 5.20. The van der Waals surface area contributed by atoms with Gasteiger partial charge >= 0.3 is 0 Å². The Morgan fingerprint density at radius 1 is 1.32 bits per heavy atom. The molecule has 1 aliphatic heterocycles. The zero-order chi connectivity index (χ0) is 18.0. The quantitative estimate of drug-likeness (QED) is 0.617. The van der Waals surface area contributed by atoms with Crippen molar-refractivity contribution >= 4 is 22.6 Å². The molecule has 25 heavy (non-hydrogen) atoms. The number of aromatic nitrogens is 1. The Morgan fingerprint density at radius 2 is 2.08 bits per heavy atom. The normalized spacial score (nSPS) is 18.2. The number of ketones is 1. The van der Waals surface area contributed by atoms with Gasteiger partial charge in [-0.3, -0.25) is 14.5 Å². The molecule has 1 fully saturated rings. The van der Waals surface area contributed by atoms with E-state index in [9.17, 15) is 14.7 Å². The summed E-state index contributed by atoms with van der Waals surface area (Å²) in [6.45, 7) is 6.60. The van der Waals surface area contributed by atoms with Crippen LogP contribution in [0.25, 0.3) is 10.9 Å². The van der Waals surface area contributed by atoms with Crippen LogP contribution in [0, 0.1) is 0 Å². The second kappa shape index (κ2) is 7.37. The summed E-state index contributed by atoms with van der Waals surface area (Å²) in [5, 5.41) is 13.0. The van der Waals surface area contributed by atoms with Crippen molar-refractivity contribution in [2.75, 3.05) is 26.2 Å². The van der Waals surface area contributed by atoms with Crippen LogP contribution in [0.15, 0.2) is 30.5 Å². The summed E-state index contributed by atoms with van der Waals surface area (Å²) in [7, 11) is 0. The lowest BCUT2D eigenvalue weighted by molar-refractivity contribution is -0.117. The fraction of sp³-hybridized carbons (Fsp3) is 0.474. The number of para-hydroxylation sites is 1. The molecule has 6 nitrogen and oxygen atoms in total. The second-order valence-corrected chi connectivity index (χ2v) is 6.89. The molecule has 2 heterocycles. The summed E-state index contributed by atoms with van der Waals surface area (Å²) in [5.74, 6) is -1.08. The lowest BCUT2D eigenvalue weighted by Crippen LogP contribution is -2.37. The van der Waals surface area contributed by atoms with Crippen molar-refractivity contribution in [3.63, 3.8) is 0 Å². The van der Waals surface area contributed by atoms with E-state index >= 15 is 0 Å². The lowest BCUT2D eigenvalue weighted by Gasteiger charge is -2.14. The number of Topliss-reactive ketones (excluding diaryl/α,β-unsaturated/α-hetero) is 1. The van der Waals surface area contributed by atoms with Crippen LogP contribution in [0.1, 0.15) is 36.7 Å². The summed E-state index contributed by atoms with van der Waals surface area (Å²) < 4.78 is 2.02. The molecule has 0 bridgehead atoms. The summed E-state index contributed by atoms with van der Waals surface area (Å²) in [6.07, 6.45) is 2.26. The van der Waals surface area contributed by atoms with Crippen molar-refractivity contribution in [1.82, 2.24) is 14.8 Å². The van der Waals surface area contributed by atoms with E-state index in [-0.39, 0.29) is 12.1 Å². The molecule has 0 radical (unpaired) electrons. The Bertz CT molecular complexity index is 781. The standard InChI is InChI=1S/C19H25N3O3/c1-13(2)22-12-16(15-5-3-4-6-17(15)22)18(24)19(25)20-8-10-21-9-7-14(23)11-21/h3-6,12-14,23H,7-11H2,1-2H3,(H,20,25). The molecule has 3 rings (SSSR count). The van der Waals surface area contributed by atoms with Gasteiger partial charge in [-0.2, -0.15) is 0 Å². The molecule has 6 heteroatoms. The zero-order valence-electron chi connectivity index (χ0n) is 14.7. The number of likely N-dealkylation sites (tertiary alicyclic amines) is 1. The molecular weight excluding hydrogens is 318 g/mol. The van der Waals surface area contributed by atoms with Crippen molar-refractivity contribution in [1.29, 1.82) is 0 Å². The molecule has 2 aromatic rings. The van der Waals surface area contributed by atoms with Gasteiger partial charge in [0.15, 0.2) is 0 Å². The van der Waals surface area contributed by atoms with E-state index in [1.807, 2.05) is 42.7 Å². The van der Waals surface area contributed by atoms with Crippen molar-refractivity contribution in [3.8, 4) is 0 Å². The molecule has 0 aliphatic carbocycles. The van der Waals surface area contributed by atoms with Crippen LogP contribution in [-0.2, 0) is 4.79 Å². The molecule has 0 saturated carbocycles. The zero-order valence-corrected chi connectivity index (χ0v) is 14.7. The Balaban J connectivity index is 1.68. The van der Waals surface area contributed by atoms with Crippen LogP contribution in [0.2, 0.25) is 0 Å². The van der Waals surface area contributed by atoms with E-state index in [4.69, 9.17) is 0 Å². The van der Waals surface area contributed by atoms with Crippen LogP contribution < -0.4 is 5.32 Å². The SMILES string of the molecule is CC(C)n1cc(C(=O)C(=O)NCCN2CCC(O)C2)c2ccccc21. The van der Waals surface area contributed by atoms with Crippen LogP contribution in [-0.4, -0.2) is 58.5 Å². The Labute approximate surface area is 147 Å². The molecule has 1 aromatic heterocycles. The monoisotopic (exact) mass is 343 g/mol. The van der Waals surface area contributed by atoms with Crippen molar-refractivity contribution in [2.45, 2.75) is 32.4 Å². The fourth-order valence-corrected chi connectivity index (χ4v) is 3.36. The number of aliphatic hydroxyl groups excluding tert-OH is 1. The van der Waals surface area contributed by atoms with Crippen molar-refractivity contribution in [3.05, 3.63) is 36.0 Å². The average Bonchev–Trinajstić information content (AvgIpc) is 3.18. The summed E-state index contributed by atoms with van der Waals surface area (Å²) in [6, 6.07) is 7.85. The maximum absolute atomic E-state index is 12.6. The number of carbonyl (C=O) groups excluding carboxylic acids is 2. The van der Waals surface area contributed by atoms with Gasteiger partial charge in [0.1, 0.15) is 0 Å². The molecule has 1 aromatic carbocycles. The maximum Gasteiger partial charge on any atom is 0.292 e. The van der Waals surface area contributed by atoms with Gasteiger partial charge in [-0.15, -0.1) is 0 Å². The third-order valence-electron chi connectivity index (χ3n) is 4.71. The summed E-state index contributed by atoms with van der Waals surface area (Å²) in [4.78, 5) is 26.9. The number of aliphatic hydroxyl groups is 1. The third-order valence-corrected chi connectivity index (χ3v) is 4.71. The van der Waals surface area contributed by atoms with Gasteiger partial charge in [-0.05, 0) is 26.3 Å². The van der Waals surface area contributed by atoms with E-state index in [0.717, 1.165) is 23.9 Å². The minimum Gasteiger partial charge on any atom is -0.392 e. The lowest BCUT2D eigenvalue weighted by atomic mass is 10.1. The average molecular weight is 343 g/mol. The molecular formula is C19H25N3O3. The topological polar surface area (TPSA) is 74.6 Å². The first-order chi connectivity index (χ1) is 12.0. The number of hydrogen-bond donors (Lipinski definition) is 2. The number of hydrogen-bond acceptors (Lipinski definition) is 4. The summed E-state index contributed by atoms with van der Waals surface area (Å²) in [5.41, 5.74) is 1.40. The van der Waals surface area contributed by atoms with Crippen molar-refractivity contribution < 1.29 is 14.7 Å². The van der Waals surface area contributed by atoms with Crippen LogP contribution in [0.3, 0.4) is 0 Å². The van der Waals surface area contributed by atoms with Gasteiger partial charge in [-0.1, -0.05) is 18.2 Å². The number of rotatable bonds is 6. The Morgan fingerprint density at radius 3 is 2.76 bits per heavy atom. The highest BCUT2D eigenvalue weighted by Gasteiger charge is 2.23.